The first-order valence-electron chi connectivity index (χ1n) is 6.47. The van der Waals surface area contributed by atoms with Crippen molar-refractivity contribution in [1.29, 1.82) is 0 Å². The van der Waals surface area contributed by atoms with Crippen LogP contribution in [0.4, 0.5) is 0 Å². The zero-order chi connectivity index (χ0) is 14.5. The van der Waals surface area contributed by atoms with Crippen molar-refractivity contribution in [3.05, 3.63) is 51.4 Å². The number of benzene rings is 1. The minimum absolute atomic E-state index is 0.419. The predicted octanol–water partition coefficient (Wildman–Crippen LogP) is 4.58. The van der Waals surface area contributed by atoms with Gasteiger partial charge in [-0.25, -0.2) is 0 Å². The van der Waals surface area contributed by atoms with Crippen molar-refractivity contribution < 1.29 is 9.15 Å². The number of furan rings is 1. The normalized spacial score (nSPS) is 10.8. The molecule has 0 saturated heterocycles. The Kier molecular flexibility index (Phi) is 5.35. The summed E-state index contributed by atoms with van der Waals surface area (Å²) in [6.07, 6.45) is 0. The molecule has 0 radical (unpaired) electrons. The first-order chi connectivity index (χ1) is 9.60. The van der Waals surface area contributed by atoms with E-state index in [0.717, 1.165) is 30.2 Å². The third-order valence-corrected chi connectivity index (χ3v) is 3.43. The van der Waals surface area contributed by atoms with Crippen molar-refractivity contribution >= 4 is 23.2 Å². The van der Waals surface area contributed by atoms with Crippen molar-refractivity contribution in [2.75, 3.05) is 6.54 Å². The largest absolute Gasteiger partial charge is 0.487 e. The molecule has 1 aromatic carbocycles. The molecule has 0 aliphatic heterocycles. The minimum atomic E-state index is 0.419. The van der Waals surface area contributed by atoms with Gasteiger partial charge in [0, 0.05) is 10.6 Å². The molecule has 0 aliphatic carbocycles. The molecule has 5 heteroatoms. The molecule has 0 unspecified atom stereocenters. The van der Waals surface area contributed by atoms with Crippen LogP contribution >= 0.6 is 23.2 Å². The molecule has 3 nitrogen and oxygen atoms in total. The number of nitrogens with one attached hydrogen (secondary N) is 1. The molecule has 2 rings (SSSR count). The van der Waals surface area contributed by atoms with Crippen molar-refractivity contribution in [2.45, 2.75) is 27.0 Å². The van der Waals surface area contributed by atoms with Crippen LogP contribution in [0.5, 0.6) is 5.75 Å². The fraction of sp³-hybridized carbons (Fsp3) is 0.333. The maximum absolute atomic E-state index is 6.07. The van der Waals surface area contributed by atoms with Crippen LogP contribution in [0.3, 0.4) is 0 Å². The van der Waals surface area contributed by atoms with E-state index in [0.29, 0.717) is 22.4 Å². The Balaban J connectivity index is 2.01. The lowest BCUT2D eigenvalue weighted by Gasteiger charge is -2.07. The van der Waals surface area contributed by atoms with Gasteiger partial charge in [-0.3, -0.25) is 0 Å². The van der Waals surface area contributed by atoms with Crippen LogP contribution in [0, 0.1) is 6.92 Å². The van der Waals surface area contributed by atoms with Gasteiger partial charge in [-0.1, -0.05) is 30.1 Å². The van der Waals surface area contributed by atoms with Crippen molar-refractivity contribution in [3.63, 3.8) is 0 Å². The average molecular weight is 314 g/mol. The predicted molar refractivity (Wildman–Crippen MR) is 81.6 cm³/mol. The lowest BCUT2D eigenvalue weighted by molar-refractivity contribution is 0.303. The van der Waals surface area contributed by atoms with Crippen molar-refractivity contribution in [2.24, 2.45) is 0 Å². The molecule has 2 aromatic rings. The summed E-state index contributed by atoms with van der Waals surface area (Å²) in [6.45, 7) is 6.04. The van der Waals surface area contributed by atoms with Gasteiger partial charge < -0.3 is 14.5 Å². The van der Waals surface area contributed by atoms with Gasteiger partial charge in [0.2, 0.25) is 0 Å². The van der Waals surface area contributed by atoms with Crippen LogP contribution < -0.4 is 10.1 Å². The topological polar surface area (TPSA) is 34.4 Å². The van der Waals surface area contributed by atoms with Crippen LogP contribution in [0.2, 0.25) is 10.0 Å². The van der Waals surface area contributed by atoms with E-state index in [4.69, 9.17) is 32.4 Å². The molecule has 1 heterocycles. The van der Waals surface area contributed by atoms with E-state index in [-0.39, 0.29) is 0 Å². The van der Waals surface area contributed by atoms with Crippen LogP contribution in [0.1, 0.15) is 24.0 Å². The summed E-state index contributed by atoms with van der Waals surface area (Å²) in [5.74, 6) is 2.39. The van der Waals surface area contributed by atoms with Gasteiger partial charge >= 0.3 is 0 Å². The maximum Gasteiger partial charge on any atom is 0.138 e. The summed E-state index contributed by atoms with van der Waals surface area (Å²) >= 11 is 11.9. The molecule has 0 spiro atoms. The van der Waals surface area contributed by atoms with E-state index >= 15 is 0 Å². The highest BCUT2D eigenvalue weighted by atomic mass is 35.5. The quantitative estimate of drug-likeness (QED) is 0.847. The molecule has 0 fully saturated rings. The van der Waals surface area contributed by atoms with Gasteiger partial charge in [0.25, 0.3) is 0 Å². The molecule has 1 aromatic heterocycles. The molecule has 20 heavy (non-hydrogen) atoms. The van der Waals surface area contributed by atoms with E-state index in [9.17, 15) is 0 Å². The fourth-order valence-corrected chi connectivity index (χ4v) is 2.28. The fourth-order valence-electron chi connectivity index (χ4n) is 1.81. The highest BCUT2D eigenvalue weighted by molar-refractivity contribution is 6.35. The lowest BCUT2D eigenvalue weighted by Crippen LogP contribution is -2.10. The molecule has 0 aliphatic rings. The van der Waals surface area contributed by atoms with Gasteiger partial charge in [-0.2, -0.15) is 0 Å². The highest BCUT2D eigenvalue weighted by Gasteiger charge is 2.09. The Morgan fingerprint density at radius 1 is 1.25 bits per heavy atom. The number of hydrogen-bond acceptors (Lipinski definition) is 3. The van der Waals surface area contributed by atoms with Gasteiger partial charge in [0.05, 0.1) is 11.6 Å². The Bertz CT molecular complexity index is 581. The molecular weight excluding hydrogens is 297 g/mol. The second-order valence-corrected chi connectivity index (χ2v) is 5.28. The molecular formula is C15H17Cl2NO2. The first kappa shape index (κ1) is 15.2. The molecule has 0 atom stereocenters. The lowest BCUT2D eigenvalue weighted by atomic mass is 10.2. The van der Waals surface area contributed by atoms with Crippen molar-refractivity contribution in [1.82, 2.24) is 5.32 Å². The highest BCUT2D eigenvalue weighted by Crippen LogP contribution is 2.28. The van der Waals surface area contributed by atoms with Gasteiger partial charge in [0.15, 0.2) is 0 Å². The smallest absolute Gasteiger partial charge is 0.138 e. The monoisotopic (exact) mass is 313 g/mol. The molecule has 0 amide bonds. The standard InChI is InChI=1S/C15H17Cl2NO2/c1-3-18-8-13-6-11(10(2)20-13)9-19-15-5-4-12(16)7-14(15)17/h4-7,18H,3,8-9H2,1-2H3. The second-order valence-electron chi connectivity index (χ2n) is 4.44. The SMILES string of the molecule is CCNCc1cc(COc2ccc(Cl)cc2Cl)c(C)o1. The van der Waals surface area contributed by atoms with Gasteiger partial charge in [-0.15, -0.1) is 0 Å². The molecule has 0 saturated carbocycles. The Hall–Kier alpha value is -1.16. The van der Waals surface area contributed by atoms with E-state index < -0.39 is 0 Å². The Morgan fingerprint density at radius 3 is 2.75 bits per heavy atom. The number of aryl methyl sites for hydroxylation is 1. The number of halogens is 2. The zero-order valence-corrected chi connectivity index (χ0v) is 13.0. The van der Waals surface area contributed by atoms with Crippen molar-refractivity contribution in [3.8, 4) is 5.75 Å². The third kappa shape index (κ3) is 3.92. The van der Waals surface area contributed by atoms with E-state index in [1.165, 1.54) is 0 Å². The van der Waals surface area contributed by atoms with E-state index in [2.05, 4.69) is 12.2 Å². The van der Waals surface area contributed by atoms with Crippen LogP contribution in [-0.2, 0) is 13.2 Å². The average Bonchev–Trinajstić information content (AvgIpc) is 2.76. The first-order valence-corrected chi connectivity index (χ1v) is 7.22. The summed E-state index contributed by atoms with van der Waals surface area (Å²) in [7, 11) is 0. The van der Waals surface area contributed by atoms with E-state index in [1.807, 2.05) is 13.0 Å². The van der Waals surface area contributed by atoms with Crippen LogP contribution in [0.15, 0.2) is 28.7 Å². The summed E-state index contributed by atoms with van der Waals surface area (Å²) < 4.78 is 11.4. The molecule has 108 valence electrons. The van der Waals surface area contributed by atoms with Crippen LogP contribution in [0.25, 0.3) is 0 Å². The number of hydrogen-bond donors (Lipinski definition) is 1. The Morgan fingerprint density at radius 2 is 2.05 bits per heavy atom. The minimum Gasteiger partial charge on any atom is -0.487 e. The summed E-state index contributed by atoms with van der Waals surface area (Å²) in [6, 6.07) is 7.18. The summed E-state index contributed by atoms with van der Waals surface area (Å²) in [5, 5.41) is 4.32. The summed E-state index contributed by atoms with van der Waals surface area (Å²) in [4.78, 5) is 0. The number of rotatable bonds is 6. The van der Waals surface area contributed by atoms with Gasteiger partial charge in [-0.05, 0) is 37.7 Å². The number of ether oxygens (including phenoxy) is 1. The van der Waals surface area contributed by atoms with Gasteiger partial charge in [0.1, 0.15) is 23.9 Å². The van der Waals surface area contributed by atoms with Crippen LogP contribution in [-0.4, -0.2) is 6.54 Å². The second kappa shape index (κ2) is 7.02. The Labute approximate surface area is 128 Å². The summed E-state index contributed by atoms with van der Waals surface area (Å²) in [5.41, 5.74) is 1.02. The maximum atomic E-state index is 6.07. The van der Waals surface area contributed by atoms with E-state index in [1.54, 1.807) is 18.2 Å². The third-order valence-electron chi connectivity index (χ3n) is 2.90. The molecule has 0 bridgehead atoms. The zero-order valence-electron chi connectivity index (χ0n) is 11.5. The molecule has 1 N–H and O–H groups in total.